The summed E-state index contributed by atoms with van der Waals surface area (Å²) in [5.74, 6) is -0.0713. The van der Waals surface area contributed by atoms with Crippen LogP contribution in [0.4, 0.5) is 0 Å². The predicted molar refractivity (Wildman–Crippen MR) is 65.0 cm³/mol. The number of nitrogens with two attached hydrogens (primary N) is 1. The summed E-state index contributed by atoms with van der Waals surface area (Å²) in [4.78, 5) is 11.8. The van der Waals surface area contributed by atoms with E-state index in [1.165, 1.54) is 19.3 Å². The maximum Gasteiger partial charge on any atom is 0.313 e. The summed E-state index contributed by atoms with van der Waals surface area (Å²) in [6, 6.07) is 0. The number of ether oxygens (including phenoxy) is 1. The topological polar surface area (TPSA) is 52.3 Å². The molecule has 1 saturated carbocycles. The summed E-state index contributed by atoms with van der Waals surface area (Å²) in [7, 11) is 0. The number of carbonyl (C=O) groups is 1. The van der Waals surface area contributed by atoms with Gasteiger partial charge >= 0.3 is 5.97 Å². The lowest BCUT2D eigenvalue weighted by atomic mass is 10.1. The zero-order chi connectivity index (χ0) is 12.0. The summed E-state index contributed by atoms with van der Waals surface area (Å²) in [6.45, 7) is 4.62. The smallest absolute Gasteiger partial charge is 0.313 e. The number of hydrogen-bond donors (Lipinski definition) is 1. The van der Waals surface area contributed by atoms with Crippen LogP contribution in [0.2, 0.25) is 0 Å². The van der Waals surface area contributed by atoms with E-state index < -0.39 is 0 Å². The summed E-state index contributed by atoms with van der Waals surface area (Å²) >= 11 is 0. The number of carbonyl (C=O) groups excluding carboxylic acids is 1. The van der Waals surface area contributed by atoms with Gasteiger partial charge in [-0.3, -0.25) is 4.79 Å². The second-order valence-electron chi connectivity index (χ2n) is 5.05. The van der Waals surface area contributed by atoms with Crippen LogP contribution in [0.5, 0.6) is 0 Å². The van der Waals surface area contributed by atoms with Crippen LogP contribution in [0.3, 0.4) is 0 Å². The first-order valence-electron chi connectivity index (χ1n) is 6.56. The molecular weight excluding hydrogens is 202 g/mol. The molecule has 1 fully saturated rings. The van der Waals surface area contributed by atoms with E-state index >= 15 is 0 Å². The van der Waals surface area contributed by atoms with Crippen LogP contribution >= 0.6 is 0 Å². The fourth-order valence-corrected chi connectivity index (χ4v) is 1.87. The van der Waals surface area contributed by atoms with Crippen molar-refractivity contribution in [3.8, 4) is 0 Å². The van der Waals surface area contributed by atoms with Gasteiger partial charge in [0.25, 0.3) is 0 Å². The van der Waals surface area contributed by atoms with Crippen molar-refractivity contribution in [2.24, 2.45) is 11.1 Å². The van der Waals surface area contributed by atoms with Gasteiger partial charge in [-0.2, -0.15) is 0 Å². The number of rotatable bonds is 8. The molecule has 0 spiro atoms. The highest BCUT2D eigenvalue weighted by Gasteiger charge is 2.50. The maximum absolute atomic E-state index is 11.8. The van der Waals surface area contributed by atoms with Crippen LogP contribution in [-0.2, 0) is 9.53 Å². The van der Waals surface area contributed by atoms with Crippen molar-refractivity contribution < 1.29 is 9.53 Å². The molecule has 0 aliphatic heterocycles. The first kappa shape index (κ1) is 13.5. The molecule has 1 aliphatic rings. The van der Waals surface area contributed by atoms with Crippen LogP contribution in [0.1, 0.15) is 58.8 Å². The van der Waals surface area contributed by atoms with Crippen molar-refractivity contribution >= 4 is 5.97 Å². The van der Waals surface area contributed by atoms with Crippen LogP contribution in [0.25, 0.3) is 0 Å². The van der Waals surface area contributed by atoms with Gasteiger partial charge in [-0.1, -0.05) is 26.2 Å². The van der Waals surface area contributed by atoms with Crippen molar-refractivity contribution in [3.05, 3.63) is 0 Å². The highest BCUT2D eigenvalue weighted by molar-refractivity contribution is 5.80. The Morgan fingerprint density at radius 3 is 2.56 bits per heavy atom. The second-order valence-corrected chi connectivity index (χ2v) is 5.05. The van der Waals surface area contributed by atoms with Crippen molar-refractivity contribution in [1.29, 1.82) is 0 Å². The third-order valence-corrected chi connectivity index (χ3v) is 3.45. The van der Waals surface area contributed by atoms with E-state index in [0.717, 1.165) is 25.7 Å². The van der Waals surface area contributed by atoms with Crippen molar-refractivity contribution in [2.45, 2.75) is 64.9 Å². The molecular formula is C13H25NO2. The molecule has 1 atom stereocenters. The van der Waals surface area contributed by atoms with Gasteiger partial charge in [-0.15, -0.1) is 0 Å². The molecule has 0 heterocycles. The number of esters is 1. The Morgan fingerprint density at radius 1 is 1.38 bits per heavy atom. The molecule has 0 amide bonds. The molecule has 0 saturated heterocycles. The highest BCUT2D eigenvalue weighted by atomic mass is 16.5. The van der Waals surface area contributed by atoms with E-state index in [1.54, 1.807) is 0 Å². The molecule has 0 bridgehead atoms. The van der Waals surface area contributed by atoms with Gasteiger partial charge in [0, 0.05) is 6.54 Å². The van der Waals surface area contributed by atoms with E-state index in [9.17, 15) is 4.79 Å². The third-order valence-electron chi connectivity index (χ3n) is 3.45. The Kier molecular flexibility index (Phi) is 5.26. The SMILES string of the molecule is CCCCCCC(C)OC(=O)C1(CN)CC1. The minimum atomic E-state index is -0.308. The monoisotopic (exact) mass is 227 g/mol. The Morgan fingerprint density at radius 2 is 2.06 bits per heavy atom. The first-order valence-corrected chi connectivity index (χ1v) is 6.56. The average Bonchev–Trinajstić information content (AvgIpc) is 3.05. The predicted octanol–water partition coefficient (Wildman–Crippen LogP) is 2.63. The molecule has 1 aliphatic carbocycles. The molecule has 2 N–H and O–H groups in total. The van der Waals surface area contributed by atoms with Crippen LogP contribution in [0, 0.1) is 5.41 Å². The summed E-state index contributed by atoms with van der Waals surface area (Å²) < 4.78 is 5.43. The van der Waals surface area contributed by atoms with Gasteiger partial charge in [0.15, 0.2) is 0 Å². The summed E-state index contributed by atoms with van der Waals surface area (Å²) in [6.07, 6.45) is 7.74. The molecule has 0 aromatic carbocycles. The molecule has 0 radical (unpaired) electrons. The van der Waals surface area contributed by atoms with Gasteiger partial charge in [-0.05, 0) is 32.6 Å². The second kappa shape index (κ2) is 6.24. The average molecular weight is 227 g/mol. The first-order chi connectivity index (χ1) is 7.64. The van der Waals surface area contributed by atoms with E-state index in [4.69, 9.17) is 10.5 Å². The van der Waals surface area contributed by atoms with Crippen molar-refractivity contribution in [3.63, 3.8) is 0 Å². The van der Waals surface area contributed by atoms with Crippen LogP contribution in [-0.4, -0.2) is 18.6 Å². The zero-order valence-corrected chi connectivity index (χ0v) is 10.6. The van der Waals surface area contributed by atoms with Gasteiger partial charge < -0.3 is 10.5 Å². The molecule has 3 nitrogen and oxygen atoms in total. The van der Waals surface area contributed by atoms with E-state index in [-0.39, 0.29) is 17.5 Å². The molecule has 16 heavy (non-hydrogen) atoms. The lowest BCUT2D eigenvalue weighted by molar-refractivity contribution is -0.154. The molecule has 94 valence electrons. The van der Waals surface area contributed by atoms with E-state index in [1.807, 2.05) is 6.92 Å². The Balaban J connectivity index is 2.14. The van der Waals surface area contributed by atoms with E-state index in [2.05, 4.69) is 6.92 Å². The lowest BCUT2D eigenvalue weighted by Gasteiger charge is -2.17. The standard InChI is InChI=1S/C13H25NO2/c1-3-4-5-6-7-11(2)16-12(15)13(10-14)8-9-13/h11H,3-10,14H2,1-2H3. The quantitative estimate of drug-likeness (QED) is 0.512. The largest absolute Gasteiger partial charge is 0.462 e. The summed E-state index contributed by atoms with van der Waals surface area (Å²) in [5.41, 5.74) is 5.28. The van der Waals surface area contributed by atoms with Gasteiger partial charge in [0.2, 0.25) is 0 Å². The van der Waals surface area contributed by atoms with Gasteiger partial charge in [-0.25, -0.2) is 0 Å². The Labute approximate surface area is 98.7 Å². The lowest BCUT2D eigenvalue weighted by Crippen LogP contribution is -2.29. The molecule has 1 rings (SSSR count). The summed E-state index contributed by atoms with van der Waals surface area (Å²) in [5, 5.41) is 0. The minimum absolute atomic E-state index is 0.0494. The fourth-order valence-electron chi connectivity index (χ4n) is 1.87. The van der Waals surface area contributed by atoms with Crippen molar-refractivity contribution in [2.75, 3.05) is 6.54 Å². The minimum Gasteiger partial charge on any atom is -0.462 e. The Bertz CT molecular complexity index is 224. The zero-order valence-electron chi connectivity index (χ0n) is 10.6. The molecule has 1 unspecified atom stereocenters. The highest BCUT2D eigenvalue weighted by Crippen LogP contribution is 2.45. The normalized spacial score (nSPS) is 19.2. The van der Waals surface area contributed by atoms with Crippen molar-refractivity contribution in [1.82, 2.24) is 0 Å². The molecule has 0 aromatic heterocycles. The van der Waals surface area contributed by atoms with Crippen LogP contribution in [0.15, 0.2) is 0 Å². The Hall–Kier alpha value is -0.570. The number of hydrogen-bond acceptors (Lipinski definition) is 3. The molecule has 3 heteroatoms. The van der Waals surface area contributed by atoms with Gasteiger partial charge in [0.05, 0.1) is 11.5 Å². The number of unbranched alkanes of at least 4 members (excludes halogenated alkanes) is 3. The van der Waals surface area contributed by atoms with E-state index in [0.29, 0.717) is 6.54 Å². The van der Waals surface area contributed by atoms with Gasteiger partial charge in [0.1, 0.15) is 0 Å². The fraction of sp³-hybridized carbons (Fsp3) is 0.923. The molecule has 0 aromatic rings. The maximum atomic E-state index is 11.8. The third kappa shape index (κ3) is 3.78. The van der Waals surface area contributed by atoms with Crippen LogP contribution < -0.4 is 5.73 Å².